The average Bonchev–Trinajstić information content (AvgIpc) is 2.51. The molecule has 2 heteroatoms. The van der Waals surface area contributed by atoms with Gasteiger partial charge in [0.25, 0.3) is 0 Å². The van der Waals surface area contributed by atoms with Crippen molar-refractivity contribution >= 4 is 5.97 Å². The lowest BCUT2D eigenvalue weighted by atomic mass is 9.93. The third kappa shape index (κ3) is 2.10. The van der Waals surface area contributed by atoms with E-state index in [1.54, 1.807) is 0 Å². The lowest BCUT2D eigenvalue weighted by Gasteiger charge is -2.13. The molecule has 0 N–H and O–H groups in total. The molecule has 0 heterocycles. The maximum absolute atomic E-state index is 11.0. The first-order valence-electron chi connectivity index (χ1n) is 4.47. The van der Waals surface area contributed by atoms with Crippen LogP contribution >= 0.6 is 0 Å². The Hall–Kier alpha value is -0.790. The minimum atomic E-state index is -0.0891. The zero-order valence-corrected chi connectivity index (χ0v) is 7.58. The van der Waals surface area contributed by atoms with Crippen LogP contribution in [0.25, 0.3) is 0 Å². The summed E-state index contributed by atoms with van der Waals surface area (Å²) in [4.78, 5) is 11.0. The number of rotatable bonds is 3. The summed E-state index contributed by atoms with van der Waals surface area (Å²) in [6, 6.07) is 0. The third-order valence-corrected chi connectivity index (χ3v) is 2.68. The van der Waals surface area contributed by atoms with E-state index >= 15 is 0 Å². The van der Waals surface area contributed by atoms with Crippen LogP contribution in [-0.2, 0) is 9.53 Å². The highest BCUT2D eigenvalue weighted by molar-refractivity contribution is 5.69. The van der Waals surface area contributed by atoms with Gasteiger partial charge in [-0.25, -0.2) is 0 Å². The molecule has 0 saturated heterocycles. The molecule has 0 aromatic carbocycles. The lowest BCUT2D eigenvalue weighted by molar-refractivity contribution is -0.141. The number of methoxy groups -OCH3 is 1. The van der Waals surface area contributed by atoms with Crippen LogP contribution in [-0.4, -0.2) is 13.1 Å². The van der Waals surface area contributed by atoms with Crippen molar-refractivity contribution in [2.24, 2.45) is 11.8 Å². The second-order valence-electron chi connectivity index (χ2n) is 3.37. The summed E-state index contributed by atoms with van der Waals surface area (Å²) >= 11 is 0. The molecule has 12 heavy (non-hydrogen) atoms. The fourth-order valence-corrected chi connectivity index (χ4v) is 1.93. The van der Waals surface area contributed by atoms with E-state index in [0.29, 0.717) is 18.3 Å². The Kier molecular flexibility index (Phi) is 3.32. The summed E-state index contributed by atoms with van der Waals surface area (Å²) in [5, 5.41) is 0. The van der Waals surface area contributed by atoms with Gasteiger partial charge >= 0.3 is 5.97 Å². The SMILES string of the molecule is C=C[C@@H]1CCC[C@@H]1CC(=O)OC. The molecule has 1 fully saturated rings. The zero-order chi connectivity index (χ0) is 8.97. The second kappa shape index (κ2) is 4.29. The Morgan fingerprint density at radius 2 is 2.42 bits per heavy atom. The summed E-state index contributed by atoms with van der Waals surface area (Å²) in [6.45, 7) is 3.77. The van der Waals surface area contributed by atoms with Crippen molar-refractivity contribution in [1.82, 2.24) is 0 Å². The quantitative estimate of drug-likeness (QED) is 0.477. The van der Waals surface area contributed by atoms with Crippen LogP contribution < -0.4 is 0 Å². The van der Waals surface area contributed by atoms with Crippen LogP contribution in [0.2, 0.25) is 0 Å². The van der Waals surface area contributed by atoms with Gasteiger partial charge in [0, 0.05) is 6.42 Å². The molecule has 0 aromatic heterocycles. The highest BCUT2D eigenvalue weighted by Gasteiger charge is 2.26. The summed E-state index contributed by atoms with van der Waals surface area (Å²) in [5.74, 6) is 0.924. The van der Waals surface area contributed by atoms with Crippen molar-refractivity contribution in [1.29, 1.82) is 0 Å². The van der Waals surface area contributed by atoms with E-state index in [4.69, 9.17) is 0 Å². The van der Waals surface area contributed by atoms with Gasteiger partial charge in [-0.05, 0) is 24.7 Å². The smallest absolute Gasteiger partial charge is 0.305 e. The predicted molar refractivity (Wildman–Crippen MR) is 47.7 cm³/mol. The lowest BCUT2D eigenvalue weighted by Crippen LogP contribution is -2.12. The fourth-order valence-electron chi connectivity index (χ4n) is 1.93. The molecule has 0 aliphatic heterocycles. The molecule has 2 nitrogen and oxygen atoms in total. The van der Waals surface area contributed by atoms with Gasteiger partial charge in [-0.2, -0.15) is 0 Å². The summed E-state index contributed by atoms with van der Waals surface area (Å²) < 4.78 is 4.63. The predicted octanol–water partition coefficient (Wildman–Crippen LogP) is 2.15. The van der Waals surface area contributed by atoms with Crippen LogP contribution in [0.4, 0.5) is 0 Å². The van der Waals surface area contributed by atoms with Gasteiger partial charge in [-0.3, -0.25) is 4.79 Å². The topological polar surface area (TPSA) is 26.3 Å². The maximum Gasteiger partial charge on any atom is 0.305 e. The van der Waals surface area contributed by atoms with E-state index in [1.165, 1.54) is 20.0 Å². The molecule has 0 bridgehead atoms. The minimum Gasteiger partial charge on any atom is -0.469 e. The van der Waals surface area contributed by atoms with E-state index in [-0.39, 0.29) is 5.97 Å². The van der Waals surface area contributed by atoms with Crippen LogP contribution in [0.1, 0.15) is 25.7 Å². The Labute approximate surface area is 73.6 Å². The monoisotopic (exact) mass is 168 g/mol. The first-order chi connectivity index (χ1) is 5.77. The number of carbonyl (C=O) groups excluding carboxylic acids is 1. The third-order valence-electron chi connectivity index (χ3n) is 2.68. The molecule has 0 amide bonds. The Bertz CT molecular complexity index is 175. The van der Waals surface area contributed by atoms with Crippen molar-refractivity contribution in [3.63, 3.8) is 0 Å². The normalized spacial score (nSPS) is 28.4. The Morgan fingerprint density at radius 1 is 1.67 bits per heavy atom. The highest BCUT2D eigenvalue weighted by Crippen LogP contribution is 2.34. The number of allylic oxidation sites excluding steroid dienone is 1. The van der Waals surface area contributed by atoms with Gasteiger partial charge in [0.15, 0.2) is 0 Å². The standard InChI is InChI=1S/C10H16O2/c1-3-8-5-4-6-9(8)7-10(11)12-2/h3,8-9H,1,4-7H2,2H3/t8-,9-/m1/s1. The van der Waals surface area contributed by atoms with E-state index in [0.717, 1.165) is 6.42 Å². The van der Waals surface area contributed by atoms with Crippen LogP contribution in [0.3, 0.4) is 0 Å². The van der Waals surface area contributed by atoms with Gasteiger partial charge < -0.3 is 4.74 Å². The number of carbonyl (C=O) groups is 1. The molecule has 2 atom stereocenters. The van der Waals surface area contributed by atoms with Gasteiger partial charge in [0.05, 0.1) is 7.11 Å². The molecule has 1 saturated carbocycles. The number of ether oxygens (including phenoxy) is 1. The molecule has 68 valence electrons. The van der Waals surface area contributed by atoms with Crippen molar-refractivity contribution in [2.75, 3.05) is 7.11 Å². The molecule has 1 rings (SSSR count). The second-order valence-corrected chi connectivity index (χ2v) is 3.37. The minimum absolute atomic E-state index is 0.0891. The summed E-state index contributed by atoms with van der Waals surface area (Å²) in [6.07, 6.45) is 6.09. The zero-order valence-electron chi connectivity index (χ0n) is 7.58. The highest BCUT2D eigenvalue weighted by atomic mass is 16.5. The summed E-state index contributed by atoms with van der Waals surface area (Å²) in [5.41, 5.74) is 0. The van der Waals surface area contributed by atoms with Crippen molar-refractivity contribution < 1.29 is 9.53 Å². The van der Waals surface area contributed by atoms with Crippen molar-refractivity contribution in [2.45, 2.75) is 25.7 Å². The fraction of sp³-hybridized carbons (Fsp3) is 0.700. The molecule has 0 spiro atoms. The van der Waals surface area contributed by atoms with E-state index in [9.17, 15) is 4.79 Å². The van der Waals surface area contributed by atoms with Gasteiger partial charge in [0.2, 0.25) is 0 Å². The largest absolute Gasteiger partial charge is 0.469 e. The molecule has 1 aliphatic rings. The molecule has 0 unspecified atom stereocenters. The first-order valence-corrected chi connectivity index (χ1v) is 4.47. The Balaban J connectivity index is 2.40. The van der Waals surface area contributed by atoms with Crippen LogP contribution in [0, 0.1) is 11.8 Å². The van der Waals surface area contributed by atoms with E-state index < -0.39 is 0 Å². The van der Waals surface area contributed by atoms with E-state index in [1.807, 2.05) is 6.08 Å². The molecule has 0 radical (unpaired) electrons. The summed E-state index contributed by atoms with van der Waals surface area (Å²) in [7, 11) is 1.44. The van der Waals surface area contributed by atoms with Crippen molar-refractivity contribution in [3.05, 3.63) is 12.7 Å². The van der Waals surface area contributed by atoms with Gasteiger partial charge in [-0.15, -0.1) is 6.58 Å². The number of hydrogen-bond acceptors (Lipinski definition) is 2. The Morgan fingerprint density at radius 3 is 3.00 bits per heavy atom. The van der Waals surface area contributed by atoms with Gasteiger partial charge in [0.1, 0.15) is 0 Å². The first kappa shape index (κ1) is 9.30. The maximum atomic E-state index is 11.0. The molecule has 0 aromatic rings. The molecule has 1 aliphatic carbocycles. The number of esters is 1. The molecular weight excluding hydrogens is 152 g/mol. The van der Waals surface area contributed by atoms with Crippen LogP contribution in [0.15, 0.2) is 12.7 Å². The van der Waals surface area contributed by atoms with E-state index in [2.05, 4.69) is 11.3 Å². The van der Waals surface area contributed by atoms with Gasteiger partial charge in [-0.1, -0.05) is 12.5 Å². The van der Waals surface area contributed by atoms with Crippen molar-refractivity contribution in [3.8, 4) is 0 Å². The average molecular weight is 168 g/mol. The van der Waals surface area contributed by atoms with Crippen LogP contribution in [0.5, 0.6) is 0 Å². The molecular formula is C10H16O2. The number of hydrogen-bond donors (Lipinski definition) is 0.